The fourth-order valence-corrected chi connectivity index (χ4v) is 5.10. The monoisotopic (exact) mass is 476 g/mol. The van der Waals surface area contributed by atoms with Crippen molar-refractivity contribution in [3.8, 4) is 0 Å². The Labute approximate surface area is 195 Å². The molecule has 9 heteroatoms. The molecule has 2 atom stereocenters. The molecule has 0 unspecified atom stereocenters. The van der Waals surface area contributed by atoms with Crippen LogP contribution in [0, 0.1) is 6.92 Å². The molecule has 1 aliphatic carbocycles. The molecule has 3 heterocycles. The van der Waals surface area contributed by atoms with Crippen molar-refractivity contribution in [1.82, 2.24) is 10.3 Å². The fourth-order valence-electron chi connectivity index (χ4n) is 4.93. The molecule has 1 spiro atoms. The van der Waals surface area contributed by atoms with E-state index in [-0.39, 0.29) is 17.9 Å². The third-order valence-electron chi connectivity index (χ3n) is 6.83. The Morgan fingerprint density at radius 1 is 1.21 bits per heavy atom. The second-order valence-electron chi connectivity index (χ2n) is 9.27. The van der Waals surface area contributed by atoms with Gasteiger partial charge in [0.2, 0.25) is 0 Å². The van der Waals surface area contributed by atoms with E-state index in [1.54, 1.807) is 0 Å². The van der Waals surface area contributed by atoms with Crippen LogP contribution < -0.4 is 10.2 Å². The van der Waals surface area contributed by atoms with Crippen LogP contribution in [-0.2, 0) is 11.0 Å². The van der Waals surface area contributed by atoms with Gasteiger partial charge in [-0.15, -0.1) is 0 Å². The number of pyridine rings is 1. The number of nitrogens with zero attached hydrogens (tertiary/aromatic N) is 3. The van der Waals surface area contributed by atoms with Gasteiger partial charge in [-0.3, -0.25) is 9.79 Å². The lowest BCUT2D eigenvalue weighted by Crippen LogP contribution is -2.53. The lowest BCUT2D eigenvalue weighted by molar-refractivity contribution is -0.141. The van der Waals surface area contributed by atoms with Crippen LogP contribution in [0.3, 0.4) is 0 Å². The largest absolute Gasteiger partial charge is 0.433 e. The minimum Gasteiger partial charge on any atom is -0.368 e. The number of hydrogen-bond acceptors (Lipinski definition) is 4. The van der Waals surface area contributed by atoms with Crippen LogP contribution in [0.1, 0.15) is 61.0 Å². The Morgan fingerprint density at radius 3 is 2.64 bits per heavy atom. The predicted octanol–water partition coefficient (Wildman–Crippen LogP) is 5.24. The molecule has 2 fully saturated rings. The maximum Gasteiger partial charge on any atom is 0.433 e. The summed E-state index contributed by atoms with van der Waals surface area (Å²) in [4.78, 5) is 24.0. The van der Waals surface area contributed by atoms with Gasteiger partial charge in [0, 0.05) is 41.2 Å². The lowest BCUT2D eigenvalue weighted by atomic mass is 9.83. The summed E-state index contributed by atoms with van der Waals surface area (Å²) in [5.41, 5.74) is 1.17. The summed E-state index contributed by atoms with van der Waals surface area (Å²) in [5.74, 6) is 0.112. The summed E-state index contributed by atoms with van der Waals surface area (Å²) in [6.45, 7) is 4.70. The van der Waals surface area contributed by atoms with Gasteiger partial charge in [0.05, 0.1) is 5.69 Å². The molecule has 33 heavy (non-hydrogen) atoms. The van der Waals surface area contributed by atoms with Crippen LogP contribution >= 0.6 is 11.6 Å². The quantitative estimate of drug-likeness (QED) is 0.658. The summed E-state index contributed by atoms with van der Waals surface area (Å²) >= 11 is 6.21. The molecule has 5 nitrogen and oxygen atoms in total. The van der Waals surface area contributed by atoms with Gasteiger partial charge in [0.15, 0.2) is 0 Å². The molecular weight excluding hydrogens is 453 g/mol. The molecule has 0 radical (unpaired) electrons. The van der Waals surface area contributed by atoms with Crippen molar-refractivity contribution in [2.24, 2.45) is 4.99 Å². The molecule has 1 N–H and O–H groups in total. The number of benzene rings is 1. The van der Waals surface area contributed by atoms with E-state index in [0.29, 0.717) is 41.5 Å². The molecule has 1 aromatic carbocycles. The first kappa shape index (κ1) is 22.2. The van der Waals surface area contributed by atoms with Gasteiger partial charge in [-0.05, 0) is 62.9 Å². The highest BCUT2D eigenvalue weighted by atomic mass is 35.5. The van der Waals surface area contributed by atoms with Gasteiger partial charge in [-0.25, -0.2) is 4.98 Å². The zero-order valence-corrected chi connectivity index (χ0v) is 19.1. The molecule has 0 bridgehead atoms. The smallest absolute Gasteiger partial charge is 0.368 e. The van der Waals surface area contributed by atoms with Crippen molar-refractivity contribution in [2.75, 3.05) is 11.4 Å². The van der Waals surface area contributed by atoms with Crippen LogP contribution in [-0.4, -0.2) is 34.9 Å². The van der Waals surface area contributed by atoms with Crippen molar-refractivity contribution in [1.29, 1.82) is 0 Å². The van der Waals surface area contributed by atoms with Crippen molar-refractivity contribution in [2.45, 2.75) is 63.2 Å². The van der Waals surface area contributed by atoms with E-state index in [9.17, 15) is 18.0 Å². The van der Waals surface area contributed by atoms with Crippen LogP contribution in [0.15, 0.2) is 35.3 Å². The van der Waals surface area contributed by atoms with E-state index in [1.807, 2.05) is 25.1 Å². The highest BCUT2D eigenvalue weighted by Crippen LogP contribution is 2.43. The topological polar surface area (TPSA) is 57.6 Å². The summed E-state index contributed by atoms with van der Waals surface area (Å²) in [5, 5.41) is 3.51. The van der Waals surface area contributed by atoms with Crippen LogP contribution in [0.2, 0.25) is 5.02 Å². The highest BCUT2D eigenvalue weighted by molar-refractivity contribution is 6.30. The van der Waals surface area contributed by atoms with E-state index >= 15 is 0 Å². The zero-order chi connectivity index (χ0) is 23.5. The van der Waals surface area contributed by atoms with Crippen LogP contribution in [0.25, 0.3) is 0 Å². The number of aromatic nitrogens is 1. The van der Waals surface area contributed by atoms with Gasteiger partial charge in [-0.1, -0.05) is 17.7 Å². The molecular formula is C24H24ClF3N4O. The molecule has 2 aromatic rings. The summed E-state index contributed by atoms with van der Waals surface area (Å²) < 4.78 is 39.6. The van der Waals surface area contributed by atoms with Gasteiger partial charge in [-0.2, -0.15) is 13.2 Å². The Kier molecular flexibility index (Phi) is 5.19. The summed E-state index contributed by atoms with van der Waals surface area (Å²) in [6, 6.07) is 8.16. The van der Waals surface area contributed by atoms with Gasteiger partial charge < -0.3 is 10.2 Å². The third-order valence-corrected chi connectivity index (χ3v) is 7.06. The number of piperidine rings is 1. The first-order valence-corrected chi connectivity index (χ1v) is 11.5. The van der Waals surface area contributed by atoms with E-state index < -0.39 is 17.4 Å². The van der Waals surface area contributed by atoms with E-state index in [2.05, 4.69) is 22.1 Å². The van der Waals surface area contributed by atoms with E-state index in [1.165, 1.54) is 6.07 Å². The average Bonchev–Trinajstić information content (AvgIpc) is 3.55. The fraction of sp³-hybridized carbons (Fsp3) is 0.458. The van der Waals surface area contributed by atoms with E-state index in [0.717, 1.165) is 30.2 Å². The van der Waals surface area contributed by atoms with Crippen LogP contribution in [0.5, 0.6) is 0 Å². The first-order valence-electron chi connectivity index (χ1n) is 11.1. The molecule has 1 amide bonds. The number of alkyl halides is 3. The second-order valence-corrected chi connectivity index (χ2v) is 9.71. The van der Waals surface area contributed by atoms with Crippen molar-refractivity contribution >= 4 is 29.0 Å². The number of carbonyl (C=O) groups is 1. The molecule has 5 rings (SSSR count). The Balaban J connectivity index is 1.45. The van der Waals surface area contributed by atoms with Gasteiger partial charge >= 0.3 is 6.18 Å². The molecule has 1 saturated heterocycles. The zero-order valence-electron chi connectivity index (χ0n) is 18.3. The number of hydrogen-bond donors (Lipinski definition) is 1. The first-order chi connectivity index (χ1) is 15.6. The number of halogens is 4. The number of amides is 1. The van der Waals surface area contributed by atoms with Gasteiger partial charge in [0.1, 0.15) is 17.1 Å². The standard InChI is InChI=1S/C24H24ClF3N4O/c1-13-3-6-16(25)11-18(13)32-10-9-23(12-14(32)2)22(33)30-21(31-23)17-7-8-19(24(26,27)28)29-20(17)15-4-5-15/h3,6-8,11,14-15H,4-5,9-10,12H2,1-2H3,(H,30,31,33)/t14-,23+/m0/s1. The van der Waals surface area contributed by atoms with Crippen LogP contribution in [0.4, 0.5) is 18.9 Å². The molecule has 1 aromatic heterocycles. The van der Waals surface area contributed by atoms with E-state index in [4.69, 9.17) is 16.6 Å². The number of amidine groups is 1. The highest BCUT2D eigenvalue weighted by Gasteiger charge is 2.49. The van der Waals surface area contributed by atoms with Crippen molar-refractivity contribution in [3.05, 3.63) is 57.9 Å². The van der Waals surface area contributed by atoms with Crippen molar-refractivity contribution < 1.29 is 18.0 Å². The van der Waals surface area contributed by atoms with Crippen molar-refractivity contribution in [3.63, 3.8) is 0 Å². The second kappa shape index (κ2) is 7.72. The number of aryl methyl sites for hydroxylation is 1. The minimum absolute atomic E-state index is 0.0231. The maximum absolute atomic E-state index is 13.2. The average molecular weight is 477 g/mol. The Bertz CT molecular complexity index is 1160. The maximum atomic E-state index is 13.2. The normalized spacial score (nSPS) is 25.4. The summed E-state index contributed by atoms with van der Waals surface area (Å²) in [6.07, 6.45) is -1.92. The molecule has 3 aliphatic rings. The molecule has 1 saturated carbocycles. The number of nitrogens with one attached hydrogen (secondary N) is 1. The number of carbonyl (C=O) groups excluding carboxylic acids is 1. The van der Waals surface area contributed by atoms with Gasteiger partial charge in [0.25, 0.3) is 5.91 Å². The Morgan fingerprint density at radius 2 is 1.97 bits per heavy atom. The number of aliphatic imine (C=N–C) groups is 1. The minimum atomic E-state index is -4.51. The SMILES string of the molecule is Cc1ccc(Cl)cc1N1CC[C@]2(C[C@@H]1C)N=C(c1ccc(C(F)(F)F)nc1C1CC1)NC2=O. The number of anilines is 1. The number of rotatable bonds is 3. The Hall–Kier alpha value is -2.61. The lowest BCUT2D eigenvalue weighted by Gasteiger charge is -2.42. The third kappa shape index (κ3) is 3.98. The molecule has 174 valence electrons. The molecule has 2 aliphatic heterocycles. The summed E-state index contributed by atoms with van der Waals surface area (Å²) in [7, 11) is 0. The predicted molar refractivity (Wildman–Crippen MR) is 121 cm³/mol.